The number of aromatic hydroxyl groups is 2. The number of phenols is 1. The fraction of sp³-hybridized carbons (Fsp3) is 0.0800. The SMILES string of the molecule is CC(=O)Nc1cccc(C(=O)c2ccc3c(C=Nc4ccc(C)c(O)c4)c(O)[nH]c3c2)c1. The number of H-pyrrole nitrogens is 1. The summed E-state index contributed by atoms with van der Waals surface area (Å²) in [5.41, 5.74) is 3.78. The zero-order valence-corrected chi connectivity index (χ0v) is 17.5. The van der Waals surface area contributed by atoms with Crippen LogP contribution in [0.25, 0.3) is 10.9 Å². The van der Waals surface area contributed by atoms with Gasteiger partial charge in [-0.1, -0.05) is 30.3 Å². The standard InChI is InChI=1S/C25H21N3O4/c1-14-6-8-18(12-23(14)30)26-13-21-20-9-7-17(11-22(20)28-25(21)32)24(31)16-4-3-5-19(10-16)27-15(2)29/h3-13,28,30,32H,1-2H3,(H,27,29). The molecule has 0 saturated carbocycles. The number of amides is 1. The van der Waals surface area contributed by atoms with Gasteiger partial charge in [0.05, 0.1) is 11.3 Å². The van der Waals surface area contributed by atoms with Gasteiger partial charge in [0, 0.05) is 46.9 Å². The molecule has 1 aromatic heterocycles. The second kappa shape index (κ2) is 8.39. The zero-order valence-electron chi connectivity index (χ0n) is 17.5. The lowest BCUT2D eigenvalue weighted by molar-refractivity contribution is -0.114. The molecule has 0 spiro atoms. The summed E-state index contributed by atoms with van der Waals surface area (Å²) in [6, 6.07) is 16.9. The molecule has 0 aliphatic heterocycles. The third-order valence-corrected chi connectivity index (χ3v) is 5.06. The molecule has 0 saturated heterocycles. The molecule has 3 aromatic carbocycles. The molecule has 7 heteroatoms. The van der Waals surface area contributed by atoms with Gasteiger partial charge in [0.15, 0.2) is 11.7 Å². The third kappa shape index (κ3) is 4.22. The van der Waals surface area contributed by atoms with E-state index in [4.69, 9.17) is 0 Å². The minimum Gasteiger partial charge on any atom is -0.508 e. The van der Waals surface area contributed by atoms with E-state index in [1.54, 1.807) is 67.6 Å². The van der Waals surface area contributed by atoms with E-state index in [9.17, 15) is 19.8 Å². The molecule has 0 aliphatic carbocycles. The summed E-state index contributed by atoms with van der Waals surface area (Å²) in [5, 5.41) is 23.6. The predicted molar refractivity (Wildman–Crippen MR) is 124 cm³/mol. The number of aryl methyl sites for hydroxylation is 1. The highest BCUT2D eigenvalue weighted by molar-refractivity contribution is 6.12. The van der Waals surface area contributed by atoms with Gasteiger partial charge in [-0.15, -0.1) is 0 Å². The molecule has 32 heavy (non-hydrogen) atoms. The number of nitrogens with zero attached hydrogens (tertiary/aromatic N) is 1. The highest BCUT2D eigenvalue weighted by atomic mass is 16.3. The highest BCUT2D eigenvalue weighted by Gasteiger charge is 2.14. The number of aliphatic imine (C=N–C) groups is 1. The summed E-state index contributed by atoms with van der Waals surface area (Å²) in [5.74, 6) is -0.350. The van der Waals surface area contributed by atoms with Gasteiger partial charge in [-0.3, -0.25) is 14.6 Å². The van der Waals surface area contributed by atoms with Crippen LogP contribution in [0.2, 0.25) is 0 Å². The Kier molecular flexibility index (Phi) is 5.47. The predicted octanol–water partition coefficient (Wildman–Crippen LogP) is 4.83. The monoisotopic (exact) mass is 427 g/mol. The van der Waals surface area contributed by atoms with Gasteiger partial charge in [-0.05, 0) is 36.8 Å². The van der Waals surface area contributed by atoms with E-state index in [0.717, 1.165) is 5.56 Å². The van der Waals surface area contributed by atoms with Crippen molar-refractivity contribution in [1.29, 1.82) is 0 Å². The summed E-state index contributed by atoms with van der Waals surface area (Å²) < 4.78 is 0. The van der Waals surface area contributed by atoms with Crippen LogP contribution in [0.5, 0.6) is 11.6 Å². The Balaban J connectivity index is 1.64. The molecule has 160 valence electrons. The Morgan fingerprint density at radius 2 is 1.78 bits per heavy atom. The number of hydrogen-bond acceptors (Lipinski definition) is 5. The normalized spacial score (nSPS) is 11.2. The van der Waals surface area contributed by atoms with Gasteiger partial charge in [-0.2, -0.15) is 0 Å². The van der Waals surface area contributed by atoms with Gasteiger partial charge in [-0.25, -0.2) is 0 Å². The van der Waals surface area contributed by atoms with Crippen molar-refractivity contribution in [1.82, 2.24) is 4.98 Å². The van der Waals surface area contributed by atoms with Crippen molar-refractivity contribution < 1.29 is 19.8 Å². The van der Waals surface area contributed by atoms with Crippen LogP contribution in [0.3, 0.4) is 0 Å². The maximum atomic E-state index is 13.0. The molecule has 4 N–H and O–H groups in total. The minimum absolute atomic E-state index is 0.0719. The van der Waals surface area contributed by atoms with Crippen molar-refractivity contribution in [3.05, 3.63) is 82.9 Å². The van der Waals surface area contributed by atoms with Crippen molar-refractivity contribution in [3.8, 4) is 11.6 Å². The number of ketones is 1. The fourth-order valence-corrected chi connectivity index (χ4v) is 3.40. The first-order valence-electron chi connectivity index (χ1n) is 9.92. The van der Waals surface area contributed by atoms with Gasteiger partial charge < -0.3 is 20.5 Å². The molecule has 1 amide bonds. The number of carbonyl (C=O) groups is 2. The van der Waals surface area contributed by atoms with Crippen LogP contribution in [0.4, 0.5) is 11.4 Å². The summed E-state index contributed by atoms with van der Waals surface area (Å²) in [7, 11) is 0. The Morgan fingerprint density at radius 3 is 2.53 bits per heavy atom. The topological polar surface area (TPSA) is 115 Å². The van der Waals surface area contributed by atoms with Crippen LogP contribution in [0.15, 0.2) is 65.7 Å². The molecule has 0 fully saturated rings. The summed E-state index contributed by atoms with van der Waals surface area (Å²) in [4.78, 5) is 31.4. The van der Waals surface area contributed by atoms with Gasteiger partial charge in [0.25, 0.3) is 0 Å². The van der Waals surface area contributed by atoms with E-state index in [2.05, 4.69) is 15.3 Å². The summed E-state index contributed by atoms with van der Waals surface area (Å²) >= 11 is 0. The number of anilines is 1. The maximum absolute atomic E-state index is 13.0. The fourth-order valence-electron chi connectivity index (χ4n) is 3.40. The molecular weight excluding hydrogens is 406 g/mol. The van der Waals surface area contributed by atoms with Crippen molar-refractivity contribution in [2.45, 2.75) is 13.8 Å². The van der Waals surface area contributed by atoms with Crippen LogP contribution in [-0.2, 0) is 4.79 Å². The average Bonchev–Trinajstić information content (AvgIpc) is 3.08. The van der Waals surface area contributed by atoms with Gasteiger partial charge >= 0.3 is 0 Å². The molecule has 0 unspecified atom stereocenters. The number of aromatic nitrogens is 1. The number of carbonyl (C=O) groups excluding carboxylic acids is 2. The van der Waals surface area contributed by atoms with Crippen LogP contribution in [0.1, 0.15) is 34.0 Å². The van der Waals surface area contributed by atoms with Crippen molar-refractivity contribution in [2.75, 3.05) is 5.32 Å². The maximum Gasteiger partial charge on any atom is 0.221 e. The molecule has 0 aliphatic rings. The largest absolute Gasteiger partial charge is 0.508 e. The lowest BCUT2D eigenvalue weighted by Gasteiger charge is -2.06. The second-order valence-corrected chi connectivity index (χ2v) is 7.47. The van der Waals surface area contributed by atoms with Crippen molar-refractivity contribution >= 4 is 40.2 Å². The lowest BCUT2D eigenvalue weighted by Crippen LogP contribution is -2.07. The van der Waals surface area contributed by atoms with E-state index in [1.165, 1.54) is 13.1 Å². The van der Waals surface area contributed by atoms with Crippen molar-refractivity contribution in [2.24, 2.45) is 4.99 Å². The number of hydrogen-bond donors (Lipinski definition) is 4. The average molecular weight is 427 g/mol. The number of benzene rings is 3. The second-order valence-electron chi connectivity index (χ2n) is 7.47. The number of rotatable bonds is 5. The number of nitrogens with one attached hydrogen (secondary N) is 2. The third-order valence-electron chi connectivity index (χ3n) is 5.06. The number of fused-ring (bicyclic) bond motifs is 1. The van der Waals surface area contributed by atoms with Crippen LogP contribution < -0.4 is 5.32 Å². The number of aromatic amines is 1. The molecular formula is C25H21N3O4. The molecule has 7 nitrogen and oxygen atoms in total. The molecule has 1 heterocycles. The molecule has 0 atom stereocenters. The molecule has 0 radical (unpaired) electrons. The van der Waals surface area contributed by atoms with Gasteiger partial charge in [0.1, 0.15) is 5.75 Å². The van der Waals surface area contributed by atoms with E-state index < -0.39 is 0 Å². The highest BCUT2D eigenvalue weighted by Crippen LogP contribution is 2.29. The van der Waals surface area contributed by atoms with Crippen molar-refractivity contribution in [3.63, 3.8) is 0 Å². The van der Waals surface area contributed by atoms with E-state index in [1.807, 2.05) is 0 Å². The van der Waals surface area contributed by atoms with E-state index >= 15 is 0 Å². The first-order chi connectivity index (χ1) is 15.3. The quantitative estimate of drug-likeness (QED) is 0.270. The Hall–Kier alpha value is -4.39. The summed E-state index contributed by atoms with van der Waals surface area (Å²) in [6.07, 6.45) is 1.51. The Labute approximate surface area is 184 Å². The van der Waals surface area contributed by atoms with Crippen LogP contribution in [-0.4, -0.2) is 33.1 Å². The van der Waals surface area contributed by atoms with E-state index in [-0.39, 0.29) is 23.3 Å². The lowest BCUT2D eigenvalue weighted by atomic mass is 10.0. The minimum atomic E-state index is -0.215. The van der Waals surface area contributed by atoms with E-state index in [0.29, 0.717) is 39.0 Å². The number of phenolic OH excluding ortho intramolecular Hbond substituents is 1. The molecule has 4 rings (SSSR count). The van der Waals surface area contributed by atoms with Crippen LogP contribution >= 0.6 is 0 Å². The zero-order chi connectivity index (χ0) is 22.8. The van der Waals surface area contributed by atoms with Gasteiger partial charge in [0.2, 0.25) is 5.91 Å². The smallest absolute Gasteiger partial charge is 0.221 e. The first kappa shape index (κ1) is 20.9. The molecule has 4 aromatic rings. The summed E-state index contributed by atoms with van der Waals surface area (Å²) in [6.45, 7) is 3.20. The Morgan fingerprint density at radius 1 is 1.00 bits per heavy atom. The first-order valence-corrected chi connectivity index (χ1v) is 9.92. The Bertz CT molecular complexity index is 1390. The molecule has 0 bridgehead atoms. The van der Waals surface area contributed by atoms with Crippen LogP contribution in [0, 0.1) is 6.92 Å².